The first-order chi connectivity index (χ1) is 14.5. The number of amides is 2. The van der Waals surface area contributed by atoms with Crippen molar-refractivity contribution in [1.82, 2.24) is 10.2 Å². The molecule has 2 aromatic rings. The summed E-state index contributed by atoms with van der Waals surface area (Å²) in [4.78, 5) is 26.1. The summed E-state index contributed by atoms with van der Waals surface area (Å²) in [5, 5.41) is 6.17. The van der Waals surface area contributed by atoms with Gasteiger partial charge in [-0.05, 0) is 48.2 Å². The molecule has 2 atom stereocenters. The monoisotopic (exact) mass is 407 g/mol. The number of piperidine rings is 1. The Balaban J connectivity index is 1.58. The van der Waals surface area contributed by atoms with Crippen molar-refractivity contribution in [2.45, 2.75) is 44.2 Å². The SMILES string of the molecule is COc1cccc(CN2C[C@@H](c3ccc(NC(C)=O)cc3)[C@@]3(CCCC(=O)N3)C2)c1. The molecule has 158 valence electrons. The van der Waals surface area contributed by atoms with Crippen LogP contribution in [0.3, 0.4) is 0 Å². The zero-order valence-electron chi connectivity index (χ0n) is 17.6. The van der Waals surface area contributed by atoms with Gasteiger partial charge in [0.15, 0.2) is 0 Å². The van der Waals surface area contributed by atoms with Crippen molar-refractivity contribution >= 4 is 17.5 Å². The first-order valence-corrected chi connectivity index (χ1v) is 10.5. The molecule has 30 heavy (non-hydrogen) atoms. The van der Waals surface area contributed by atoms with E-state index in [1.807, 2.05) is 24.3 Å². The second kappa shape index (κ2) is 8.48. The number of rotatable bonds is 5. The molecule has 0 unspecified atom stereocenters. The van der Waals surface area contributed by atoms with Gasteiger partial charge in [-0.2, -0.15) is 0 Å². The second-order valence-corrected chi connectivity index (χ2v) is 8.43. The van der Waals surface area contributed by atoms with Gasteiger partial charge in [-0.3, -0.25) is 14.5 Å². The number of anilines is 1. The highest BCUT2D eigenvalue weighted by Gasteiger charge is 2.49. The molecular formula is C24H29N3O3. The Bertz CT molecular complexity index is 928. The molecule has 2 fully saturated rings. The van der Waals surface area contributed by atoms with Crippen molar-refractivity contribution in [1.29, 1.82) is 0 Å². The van der Waals surface area contributed by atoms with E-state index < -0.39 is 0 Å². The average molecular weight is 408 g/mol. The molecule has 0 aromatic heterocycles. The van der Waals surface area contributed by atoms with Crippen molar-refractivity contribution in [3.05, 3.63) is 59.7 Å². The minimum absolute atomic E-state index is 0.0795. The summed E-state index contributed by atoms with van der Waals surface area (Å²) >= 11 is 0. The molecule has 2 aliphatic heterocycles. The van der Waals surface area contributed by atoms with Crippen molar-refractivity contribution in [3.63, 3.8) is 0 Å². The number of nitrogens with one attached hydrogen (secondary N) is 2. The minimum Gasteiger partial charge on any atom is -0.497 e. The highest BCUT2D eigenvalue weighted by molar-refractivity contribution is 5.88. The van der Waals surface area contributed by atoms with Crippen LogP contribution in [0.4, 0.5) is 5.69 Å². The smallest absolute Gasteiger partial charge is 0.221 e. The van der Waals surface area contributed by atoms with E-state index in [-0.39, 0.29) is 23.3 Å². The summed E-state index contributed by atoms with van der Waals surface area (Å²) in [5.41, 5.74) is 2.94. The Morgan fingerprint density at radius 1 is 1.27 bits per heavy atom. The number of benzene rings is 2. The van der Waals surface area contributed by atoms with Crippen LogP contribution in [0.25, 0.3) is 0 Å². The van der Waals surface area contributed by atoms with Crippen molar-refractivity contribution in [3.8, 4) is 5.75 Å². The Morgan fingerprint density at radius 3 is 2.77 bits per heavy atom. The molecule has 4 rings (SSSR count). The van der Waals surface area contributed by atoms with E-state index in [1.54, 1.807) is 7.11 Å². The summed E-state index contributed by atoms with van der Waals surface area (Å²) in [6.07, 6.45) is 2.50. The second-order valence-electron chi connectivity index (χ2n) is 8.43. The zero-order chi connectivity index (χ0) is 21.1. The van der Waals surface area contributed by atoms with Crippen LogP contribution in [0.15, 0.2) is 48.5 Å². The maximum atomic E-state index is 12.3. The van der Waals surface area contributed by atoms with Gasteiger partial charge in [0.1, 0.15) is 5.75 Å². The summed E-state index contributed by atoms with van der Waals surface area (Å²) in [5.74, 6) is 1.13. The lowest BCUT2D eigenvalue weighted by Crippen LogP contribution is -2.56. The van der Waals surface area contributed by atoms with Gasteiger partial charge >= 0.3 is 0 Å². The predicted molar refractivity (Wildman–Crippen MR) is 116 cm³/mol. The Kier molecular flexibility index (Phi) is 5.77. The molecule has 1 spiro atoms. The van der Waals surface area contributed by atoms with Gasteiger partial charge in [0.05, 0.1) is 12.6 Å². The summed E-state index contributed by atoms with van der Waals surface area (Å²) < 4.78 is 5.37. The van der Waals surface area contributed by atoms with Crippen LogP contribution < -0.4 is 15.4 Å². The third kappa shape index (κ3) is 4.33. The fourth-order valence-corrected chi connectivity index (χ4v) is 4.93. The van der Waals surface area contributed by atoms with E-state index in [0.29, 0.717) is 6.42 Å². The number of nitrogens with zero attached hydrogens (tertiary/aromatic N) is 1. The molecule has 2 amide bonds. The number of likely N-dealkylation sites (tertiary alicyclic amines) is 1. The van der Waals surface area contributed by atoms with Crippen molar-refractivity contribution in [2.24, 2.45) is 0 Å². The van der Waals surface area contributed by atoms with E-state index in [4.69, 9.17) is 4.74 Å². The van der Waals surface area contributed by atoms with Gasteiger partial charge in [-0.25, -0.2) is 0 Å². The zero-order valence-corrected chi connectivity index (χ0v) is 17.6. The lowest BCUT2D eigenvalue weighted by Gasteiger charge is -2.39. The van der Waals surface area contributed by atoms with Crippen molar-refractivity contribution < 1.29 is 14.3 Å². The Morgan fingerprint density at radius 2 is 2.07 bits per heavy atom. The number of methoxy groups -OCH3 is 1. The molecule has 2 aliphatic rings. The average Bonchev–Trinajstić information content (AvgIpc) is 3.04. The van der Waals surface area contributed by atoms with Crippen LogP contribution in [0.5, 0.6) is 5.75 Å². The molecule has 6 nitrogen and oxygen atoms in total. The van der Waals surface area contributed by atoms with Crippen LogP contribution in [-0.2, 0) is 16.1 Å². The third-order valence-electron chi connectivity index (χ3n) is 6.20. The standard InChI is InChI=1S/C24H29N3O3/c1-17(28)25-20-10-8-19(9-11-20)22-15-27(14-18-5-3-6-21(13-18)30-2)16-24(22)12-4-7-23(29)26-24/h3,5-6,8-11,13,22H,4,7,12,14-16H2,1-2H3,(H,25,28)(H,26,29)/t22-,24+/m0/s1. The van der Waals surface area contributed by atoms with Gasteiger partial charge in [0, 0.05) is 44.6 Å². The van der Waals surface area contributed by atoms with Crippen LogP contribution in [-0.4, -0.2) is 42.5 Å². The van der Waals surface area contributed by atoms with E-state index in [2.05, 4.69) is 39.8 Å². The molecule has 2 N–H and O–H groups in total. The first kappa shape index (κ1) is 20.4. The maximum Gasteiger partial charge on any atom is 0.221 e. The summed E-state index contributed by atoms with van der Waals surface area (Å²) in [6.45, 7) is 4.02. The van der Waals surface area contributed by atoms with Gasteiger partial charge in [-0.15, -0.1) is 0 Å². The van der Waals surface area contributed by atoms with E-state index in [0.717, 1.165) is 43.9 Å². The van der Waals surface area contributed by atoms with Gasteiger partial charge < -0.3 is 15.4 Å². The topological polar surface area (TPSA) is 70.7 Å². The normalized spacial score (nSPS) is 23.9. The summed E-state index contributed by atoms with van der Waals surface area (Å²) in [7, 11) is 1.68. The molecule has 0 bridgehead atoms. The van der Waals surface area contributed by atoms with Crippen LogP contribution in [0, 0.1) is 0 Å². The number of hydrogen-bond acceptors (Lipinski definition) is 4. The molecule has 2 saturated heterocycles. The maximum absolute atomic E-state index is 12.3. The molecular weight excluding hydrogens is 378 g/mol. The molecule has 0 radical (unpaired) electrons. The quantitative estimate of drug-likeness (QED) is 0.798. The van der Waals surface area contributed by atoms with Gasteiger partial charge in [0.25, 0.3) is 0 Å². The molecule has 0 aliphatic carbocycles. The highest BCUT2D eigenvalue weighted by atomic mass is 16.5. The predicted octanol–water partition coefficient (Wildman–Crippen LogP) is 3.29. The Hall–Kier alpha value is -2.86. The van der Waals surface area contributed by atoms with Crippen molar-refractivity contribution in [2.75, 3.05) is 25.5 Å². The Labute approximate surface area is 177 Å². The number of ether oxygens (including phenoxy) is 1. The van der Waals surface area contributed by atoms with Gasteiger partial charge in [0.2, 0.25) is 11.8 Å². The largest absolute Gasteiger partial charge is 0.497 e. The molecule has 6 heteroatoms. The van der Waals surface area contributed by atoms with E-state index in [1.165, 1.54) is 18.1 Å². The minimum atomic E-state index is -0.246. The molecule has 0 saturated carbocycles. The first-order valence-electron chi connectivity index (χ1n) is 10.5. The van der Waals surface area contributed by atoms with Crippen LogP contribution >= 0.6 is 0 Å². The van der Waals surface area contributed by atoms with Crippen LogP contribution in [0.1, 0.15) is 43.2 Å². The van der Waals surface area contributed by atoms with E-state index in [9.17, 15) is 9.59 Å². The lowest BCUT2D eigenvalue weighted by molar-refractivity contribution is -0.125. The van der Waals surface area contributed by atoms with Gasteiger partial charge in [-0.1, -0.05) is 24.3 Å². The van der Waals surface area contributed by atoms with Crippen LogP contribution in [0.2, 0.25) is 0 Å². The number of carbonyl (C=O) groups excluding carboxylic acids is 2. The fourth-order valence-electron chi connectivity index (χ4n) is 4.93. The third-order valence-corrected chi connectivity index (χ3v) is 6.20. The summed E-state index contributed by atoms with van der Waals surface area (Å²) in [6, 6.07) is 16.2. The lowest BCUT2D eigenvalue weighted by atomic mass is 9.76. The number of hydrogen-bond donors (Lipinski definition) is 2. The fraction of sp³-hybridized carbons (Fsp3) is 0.417. The number of carbonyl (C=O) groups is 2. The molecule has 2 heterocycles. The van der Waals surface area contributed by atoms with E-state index >= 15 is 0 Å². The highest BCUT2D eigenvalue weighted by Crippen LogP contribution is 2.42. The molecule has 2 aromatic carbocycles.